The second-order valence-corrected chi connectivity index (χ2v) is 5.99. The molecule has 3 aromatic heterocycles. The van der Waals surface area contributed by atoms with Crippen molar-refractivity contribution >= 4 is 11.0 Å². The summed E-state index contributed by atoms with van der Waals surface area (Å²) in [5.74, 6) is 0.792. The van der Waals surface area contributed by atoms with Gasteiger partial charge < -0.3 is 4.57 Å². The zero-order valence-electron chi connectivity index (χ0n) is 12.2. The third-order valence-corrected chi connectivity index (χ3v) is 4.49. The highest BCUT2D eigenvalue weighted by atomic mass is 15.3. The van der Waals surface area contributed by atoms with Crippen LogP contribution >= 0.6 is 0 Å². The van der Waals surface area contributed by atoms with Crippen LogP contribution in [0.1, 0.15) is 25.7 Å². The van der Waals surface area contributed by atoms with Gasteiger partial charge in [0.25, 0.3) is 0 Å². The Morgan fingerprint density at radius 3 is 2.95 bits per heavy atom. The van der Waals surface area contributed by atoms with E-state index in [1.165, 1.54) is 25.7 Å². The van der Waals surface area contributed by atoms with Gasteiger partial charge in [-0.2, -0.15) is 5.10 Å². The van der Waals surface area contributed by atoms with Crippen LogP contribution in [0.3, 0.4) is 0 Å². The summed E-state index contributed by atoms with van der Waals surface area (Å²) in [5, 5.41) is 5.60. The van der Waals surface area contributed by atoms with E-state index in [0.717, 1.165) is 34.8 Å². The average Bonchev–Trinajstić information content (AvgIpc) is 3.22. The Morgan fingerprint density at radius 2 is 2.10 bits per heavy atom. The molecule has 5 nitrogen and oxygen atoms in total. The first-order chi connectivity index (χ1) is 10.3. The zero-order chi connectivity index (χ0) is 14.2. The van der Waals surface area contributed by atoms with Crippen molar-refractivity contribution in [3.63, 3.8) is 0 Å². The molecular weight excluding hydrogens is 262 g/mol. The van der Waals surface area contributed by atoms with Crippen LogP contribution in [0.5, 0.6) is 0 Å². The molecule has 21 heavy (non-hydrogen) atoms. The smallest absolute Gasteiger partial charge is 0.143 e. The maximum atomic E-state index is 4.52. The normalized spacial score (nSPS) is 16.0. The van der Waals surface area contributed by atoms with Crippen molar-refractivity contribution in [2.45, 2.75) is 32.2 Å². The summed E-state index contributed by atoms with van der Waals surface area (Å²) in [6, 6.07) is 2.07. The van der Waals surface area contributed by atoms with Gasteiger partial charge in [0.2, 0.25) is 0 Å². The van der Waals surface area contributed by atoms with Crippen LogP contribution < -0.4 is 0 Å². The summed E-state index contributed by atoms with van der Waals surface area (Å²) in [6.45, 7) is 1.03. The quantitative estimate of drug-likeness (QED) is 0.741. The fraction of sp³-hybridized carbons (Fsp3) is 0.438. The molecule has 1 fully saturated rings. The van der Waals surface area contributed by atoms with Crippen LogP contribution in [-0.4, -0.2) is 24.3 Å². The van der Waals surface area contributed by atoms with Gasteiger partial charge in [-0.1, -0.05) is 12.8 Å². The molecule has 0 radical (unpaired) electrons. The lowest BCUT2D eigenvalue weighted by atomic mass is 10.1. The second kappa shape index (κ2) is 4.98. The summed E-state index contributed by atoms with van der Waals surface area (Å²) in [5.41, 5.74) is 3.01. The summed E-state index contributed by atoms with van der Waals surface area (Å²) >= 11 is 0. The minimum absolute atomic E-state index is 0.792. The van der Waals surface area contributed by atoms with E-state index < -0.39 is 0 Å². The maximum Gasteiger partial charge on any atom is 0.143 e. The summed E-state index contributed by atoms with van der Waals surface area (Å²) in [6.07, 6.45) is 13.1. The van der Waals surface area contributed by atoms with Crippen LogP contribution in [-0.2, 0) is 13.6 Å². The van der Waals surface area contributed by atoms with Crippen molar-refractivity contribution in [1.29, 1.82) is 0 Å². The van der Waals surface area contributed by atoms with E-state index in [9.17, 15) is 0 Å². The van der Waals surface area contributed by atoms with E-state index in [-0.39, 0.29) is 0 Å². The van der Waals surface area contributed by atoms with Crippen LogP contribution in [0, 0.1) is 5.92 Å². The van der Waals surface area contributed by atoms with Crippen LogP contribution in [0.15, 0.2) is 31.0 Å². The molecular formula is C16H19N5. The van der Waals surface area contributed by atoms with Gasteiger partial charge in [-0.15, -0.1) is 0 Å². The summed E-state index contributed by atoms with van der Waals surface area (Å²) in [7, 11) is 2.00. The van der Waals surface area contributed by atoms with E-state index in [1.54, 1.807) is 6.33 Å². The van der Waals surface area contributed by atoms with Crippen molar-refractivity contribution < 1.29 is 0 Å². The number of fused-ring (bicyclic) bond motifs is 1. The SMILES string of the molecule is Cn1ccc2c(-c3cnn(CC4CCCC4)c3)ncnc21. The van der Waals surface area contributed by atoms with Gasteiger partial charge in [0.15, 0.2) is 0 Å². The molecule has 5 heteroatoms. The largest absolute Gasteiger partial charge is 0.335 e. The van der Waals surface area contributed by atoms with Gasteiger partial charge in [-0.3, -0.25) is 4.68 Å². The Kier molecular flexibility index (Phi) is 2.98. The molecule has 0 spiro atoms. The van der Waals surface area contributed by atoms with Gasteiger partial charge in [-0.25, -0.2) is 9.97 Å². The minimum Gasteiger partial charge on any atom is -0.335 e. The number of rotatable bonds is 3. The van der Waals surface area contributed by atoms with Gasteiger partial charge in [-0.05, 0) is 24.8 Å². The Labute approximate surface area is 123 Å². The predicted octanol–water partition coefficient (Wildman–Crippen LogP) is 3.02. The van der Waals surface area contributed by atoms with Crippen LogP contribution in [0.2, 0.25) is 0 Å². The molecule has 3 aromatic rings. The summed E-state index contributed by atoms with van der Waals surface area (Å²) in [4.78, 5) is 8.80. The lowest BCUT2D eigenvalue weighted by molar-refractivity contribution is 0.429. The standard InChI is InChI=1S/C16H19N5/c1-20-7-6-14-15(17-11-18-16(14)20)13-8-19-21(10-13)9-12-4-2-3-5-12/h6-8,10-12H,2-5,9H2,1H3. The van der Waals surface area contributed by atoms with Gasteiger partial charge in [0, 0.05) is 36.9 Å². The van der Waals surface area contributed by atoms with E-state index in [2.05, 4.69) is 32.0 Å². The van der Waals surface area contributed by atoms with E-state index in [4.69, 9.17) is 0 Å². The van der Waals surface area contributed by atoms with Gasteiger partial charge in [0.1, 0.15) is 12.0 Å². The van der Waals surface area contributed by atoms with Crippen molar-refractivity contribution in [3.05, 3.63) is 31.0 Å². The molecule has 0 aliphatic heterocycles. The molecule has 0 amide bonds. The fourth-order valence-corrected chi connectivity index (χ4v) is 3.35. The first-order valence-electron chi connectivity index (χ1n) is 7.60. The Morgan fingerprint density at radius 1 is 1.24 bits per heavy atom. The fourth-order valence-electron chi connectivity index (χ4n) is 3.35. The first kappa shape index (κ1) is 12.6. The number of aryl methyl sites for hydroxylation is 1. The van der Waals surface area contributed by atoms with Crippen molar-refractivity contribution in [1.82, 2.24) is 24.3 Å². The maximum absolute atomic E-state index is 4.52. The molecule has 108 valence electrons. The number of hydrogen-bond acceptors (Lipinski definition) is 3. The highest BCUT2D eigenvalue weighted by Crippen LogP contribution is 2.28. The number of nitrogens with zero attached hydrogens (tertiary/aromatic N) is 5. The summed E-state index contributed by atoms with van der Waals surface area (Å²) < 4.78 is 4.09. The second-order valence-electron chi connectivity index (χ2n) is 5.99. The minimum atomic E-state index is 0.792. The van der Waals surface area contributed by atoms with Crippen LogP contribution in [0.4, 0.5) is 0 Å². The molecule has 3 heterocycles. The third kappa shape index (κ3) is 2.22. The molecule has 1 saturated carbocycles. The van der Waals surface area contributed by atoms with E-state index in [1.807, 2.05) is 24.0 Å². The van der Waals surface area contributed by atoms with E-state index >= 15 is 0 Å². The van der Waals surface area contributed by atoms with Crippen molar-refractivity contribution in [2.24, 2.45) is 13.0 Å². The molecule has 1 aliphatic rings. The topological polar surface area (TPSA) is 48.5 Å². The molecule has 0 N–H and O–H groups in total. The molecule has 0 atom stereocenters. The predicted molar refractivity (Wildman–Crippen MR) is 81.7 cm³/mol. The lowest BCUT2D eigenvalue weighted by Crippen LogP contribution is -2.07. The van der Waals surface area contributed by atoms with E-state index in [0.29, 0.717) is 0 Å². The highest BCUT2D eigenvalue weighted by molar-refractivity contribution is 5.90. The molecule has 0 aromatic carbocycles. The lowest BCUT2D eigenvalue weighted by Gasteiger charge is -2.08. The molecule has 1 aliphatic carbocycles. The zero-order valence-corrected chi connectivity index (χ0v) is 12.2. The number of aromatic nitrogens is 5. The first-order valence-corrected chi connectivity index (χ1v) is 7.60. The van der Waals surface area contributed by atoms with Crippen LogP contribution in [0.25, 0.3) is 22.3 Å². The Bertz CT molecular complexity index is 764. The Balaban J connectivity index is 1.67. The molecule has 0 unspecified atom stereocenters. The monoisotopic (exact) mass is 281 g/mol. The highest BCUT2D eigenvalue weighted by Gasteiger charge is 2.17. The van der Waals surface area contributed by atoms with Crippen molar-refractivity contribution in [3.8, 4) is 11.3 Å². The molecule has 4 rings (SSSR count). The molecule has 0 bridgehead atoms. The van der Waals surface area contributed by atoms with Gasteiger partial charge >= 0.3 is 0 Å². The number of hydrogen-bond donors (Lipinski definition) is 0. The Hall–Kier alpha value is -2.17. The van der Waals surface area contributed by atoms with Gasteiger partial charge in [0.05, 0.1) is 11.9 Å². The third-order valence-electron chi connectivity index (χ3n) is 4.49. The average molecular weight is 281 g/mol. The molecule has 0 saturated heterocycles. The van der Waals surface area contributed by atoms with Crippen molar-refractivity contribution in [2.75, 3.05) is 0 Å².